The summed E-state index contributed by atoms with van der Waals surface area (Å²) in [6.45, 7) is 3.91. The molecule has 2 rings (SSSR count). The summed E-state index contributed by atoms with van der Waals surface area (Å²) in [7, 11) is 0. The number of carbonyl (C=O) groups is 1. The molecule has 0 aromatic carbocycles. The highest BCUT2D eigenvalue weighted by Crippen LogP contribution is 2.13. The highest BCUT2D eigenvalue weighted by Gasteiger charge is 2.13. The minimum Gasteiger partial charge on any atom is -0.444 e. The molecule has 1 aliphatic rings. The lowest BCUT2D eigenvalue weighted by molar-refractivity contribution is 0.0921. The van der Waals surface area contributed by atoms with E-state index in [4.69, 9.17) is 4.42 Å². The fourth-order valence-electron chi connectivity index (χ4n) is 1.86. The lowest BCUT2D eigenvalue weighted by Crippen LogP contribution is -2.33. The van der Waals surface area contributed by atoms with Gasteiger partial charge in [0.15, 0.2) is 10.4 Å². The fraction of sp³-hybridized carbons (Fsp3) is 0.545. The van der Waals surface area contributed by atoms with Crippen LogP contribution in [0.4, 0.5) is 0 Å². The van der Waals surface area contributed by atoms with Gasteiger partial charge in [0, 0.05) is 13.1 Å². The van der Waals surface area contributed by atoms with Crippen molar-refractivity contribution in [1.82, 2.24) is 10.2 Å². The van der Waals surface area contributed by atoms with Crippen LogP contribution >= 0.6 is 15.9 Å². The maximum Gasteiger partial charge on any atom is 0.287 e. The average Bonchev–Trinajstić information content (AvgIpc) is 2.89. The number of rotatable bonds is 4. The molecule has 0 atom stereocenters. The molecule has 1 N–H and O–H groups in total. The van der Waals surface area contributed by atoms with E-state index in [1.807, 2.05) is 0 Å². The molecule has 0 aliphatic carbocycles. The Labute approximate surface area is 103 Å². The van der Waals surface area contributed by atoms with E-state index < -0.39 is 0 Å². The van der Waals surface area contributed by atoms with Crippen molar-refractivity contribution in [1.29, 1.82) is 0 Å². The van der Waals surface area contributed by atoms with Crippen molar-refractivity contribution in [3.63, 3.8) is 0 Å². The van der Waals surface area contributed by atoms with Gasteiger partial charge in [-0.3, -0.25) is 4.79 Å². The van der Waals surface area contributed by atoms with Gasteiger partial charge in [0.25, 0.3) is 5.91 Å². The van der Waals surface area contributed by atoms with Gasteiger partial charge in [-0.25, -0.2) is 0 Å². The van der Waals surface area contributed by atoms with Crippen molar-refractivity contribution in [3.8, 4) is 0 Å². The normalized spacial score (nSPS) is 16.6. The zero-order valence-electron chi connectivity index (χ0n) is 9.04. The molecule has 0 unspecified atom stereocenters. The first-order chi connectivity index (χ1) is 7.75. The van der Waals surface area contributed by atoms with Crippen molar-refractivity contribution in [3.05, 3.63) is 22.6 Å². The third-order valence-electron chi connectivity index (χ3n) is 2.71. The Morgan fingerprint density at radius 1 is 1.44 bits per heavy atom. The highest BCUT2D eigenvalue weighted by molar-refractivity contribution is 9.10. The zero-order valence-corrected chi connectivity index (χ0v) is 10.6. The van der Waals surface area contributed by atoms with Crippen LogP contribution in [-0.2, 0) is 0 Å². The number of amides is 1. The number of likely N-dealkylation sites (tertiary alicyclic amines) is 1. The van der Waals surface area contributed by atoms with Gasteiger partial charge in [-0.15, -0.1) is 0 Å². The Morgan fingerprint density at radius 2 is 2.19 bits per heavy atom. The molecule has 0 bridgehead atoms. The van der Waals surface area contributed by atoms with Gasteiger partial charge in [-0.2, -0.15) is 0 Å². The van der Waals surface area contributed by atoms with Crippen LogP contribution in [-0.4, -0.2) is 37.0 Å². The molecule has 0 spiro atoms. The second-order valence-electron chi connectivity index (χ2n) is 3.91. The van der Waals surface area contributed by atoms with Gasteiger partial charge in [-0.1, -0.05) is 0 Å². The quantitative estimate of drug-likeness (QED) is 0.919. The third kappa shape index (κ3) is 3.09. The second-order valence-corrected chi connectivity index (χ2v) is 4.69. The Balaban J connectivity index is 1.71. The summed E-state index contributed by atoms with van der Waals surface area (Å²) in [6, 6.07) is 3.38. The van der Waals surface area contributed by atoms with Gasteiger partial charge >= 0.3 is 0 Å². The standard InChI is InChI=1S/C11H15BrN2O2/c12-10-4-3-9(16-10)11(15)13-5-8-14-6-1-2-7-14/h3-4H,1-2,5-8H2,(H,13,15). The molecule has 1 aromatic heterocycles. The minimum atomic E-state index is -0.148. The molecule has 1 aliphatic heterocycles. The van der Waals surface area contributed by atoms with E-state index in [1.165, 1.54) is 12.8 Å². The number of furan rings is 1. The first kappa shape index (κ1) is 11.7. The van der Waals surface area contributed by atoms with Gasteiger partial charge in [0.2, 0.25) is 0 Å². The zero-order chi connectivity index (χ0) is 11.4. The van der Waals surface area contributed by atoms with Crippen LogP contribution in [0.5, 0.6) is 0 Å². The van der Waals surface area contributed by atoms with Gasteiger partial charge < -0.3 is 14.6 Å². The monoisotopic (exact) mass is 286 g/mol. The van der Waals surface area contributed by atoms with E-state index >= 15 is 0 Å². The summed E-state index contributed by atoms with van der Waals surface area (Å²) in [6.07, 6.45) is 2.55. The van der Waals surface area contributed by atoms with Crippen LogP contribution in [0.2, 0.25) is 0 Å². The number of halogens is 1. The van der Waals surface area contributed by atoms with Crippen molar-refractivity contribution < 1.29 is 9.21 Å². The summed E-state index contributed by atoms with van der Waals surface area (Å²) >= 11 is 3.17. The molecule has 0 radical (unpaired) electrons. The summed E-state index contributed by atoms with van der Waals surface area (Å²) in [4.78, 5) is 13.9. The first-order valence-electron chi connectivity index (χ1n) is 5.51. The van der Waals surface area contributed by atoms with Crippen LogP contribution in [0.15, 0.2) is 21.2 Å². The third-order valence-corrected chi connectivity index (χ3v) is 3.14. The van der Waals surface area contributed by atoms with Crippen LogP contribution in [0.25, 0.3) is 0 Å². The van der Waals surface area contributed by atoms with Crippen LogP contribution in [0.3, 0.4) is 0 Å². The Morgan fingerprint density at radius 3 is 2.81 bits per heavy atom. The molecule has 1 saturated heterocycles. The minimum absolute atomic E-state index is 0.148. The van der Waals surface area contributed by atoms with E-state index in [-0.39, 0.29) is 5.91 Å². The number of carbonyl (C=O) groups excluding carboxylic acids is 1. The van der Waals surface area contributed by atoms with Crippen molar-refractivity contribution in [2.75, 3.05) is 26.2 Å². The largest absolute Gasteiger partial charge is 0.444 e. The average molecular weight is 287 g/mol. The van der Waals surface area contributed by atoms with E-state index in [1.54, 1.807) is 12.1 Å². The lowest BCUT2D eigenvalue weighted by Gasteiger charge is -2.14. The predicted octanol–water partition coefficient (Wildman–Crippen LogP) is 1.87. The van der Waals surface area contributed by atoms with Crippen molar-refractivity contribution >= 4 is 21.8 Å². The van der Waals surface area contributed by atoms with Crippen molar-refractivity contribution in [2.45, 2.75) is 12.8 Å². The van der Waals surface area contributed by atoms with Gasteiger partial charge in [0.05, 0.1) is 0 Å². The molecule has 88 valence electrons. The maximum absolute atomic E-state index is 11.6. The van der Waals surface area contributed by atoms with Crippen LogP contribution in [0.1, 0.15) is 23.4 Å². The molecule has 1 fully saturated rings. The number of nitrogens with one attached hydrogen (secondary N) is 1. The molecule has 4 nitrogen and oxygen atoms in total. The van der Waals surface area contributed by atoms with Crippen molar-refractivity contribution in [2.24, 2.45) is 0 Å². The molecule has 16 heavy (non-hydrogen) atoms. The maximum atomic E-state index is 11.6. The summed E-state index contributed by atoms with van der Waals surface area (Å²) in [5, 5.41) is 2.84. The number of hydrogen-bond donors (Lipinski definition) is 1. The smallest absolute Gasteiger partial charge is 0.287 e. The predicted molar refractivity (Wildman–Crippen MR) is 64.4 cm³/mol. The SMILES string of the molecule is O=C(NCCN1CCCC1)c1ccc(Br)o1. The summed E-state index contributed by atoms with van der Waals surface area (Å²) < 4.78 is 5.74. The van der Waals surface area contributed by atoms with E-state index in [0.717, 1.165) is 19.6 Å². The fourth-order valence-corrected chi connectivity index (χ4v) is 2.16. The topological polar surface area (TPSA) is 45.5 Å². The molecule has 1 aromatic rings. The lowest BCUT2D eigenvalue weighted by atomic mass is 10.4. The summed E-state index contributed by atoms with van der Waals surface area (Å²) in [5.41, 5.74) is 0. The molecule has 1 amide bonds. The van der Waals surface area contributed by atoms with E-state index in [9.17, 15) is 4.79 Å². The molecule has 2 heterocycles. The van der Waals surface area contributed by atoms with Gasteiger partial charge in [-0.05, 0) is 54.0 Å². The molecule has 5 heteroatoms. The van der Waals surface area contributed by atoms with Crippen LogP contribution in [0, 0.1) is 0 Å². The molecular formula is C11H15BrN2O2. The van der Waals surface area contributed by atoms with Crippen LogP contribution < -0.4 is 5.32 Å². The molecule has 0 saturated carbocycles. The van der Waals surface area contributed by atoms with E-state index in [0.29, 0.717) is 17.0 Å². The first-order valence-corrected chi connectivity index (χ1v) is 6.31. The Kier molecular flexibility index (Phi) is 4.01. The number of hydrogen-bond acceptors (Lipinski definition) is 3. The molecular weight excluding hydrogens is 272 g/mol. The van der Waals surface area contributed by atoms with E-state index in [2.05, 4.69) is 26.1 Å². The second kappa shape index (κ2) is 5.50. The Hall–Kier alpha value is -0.810. The van der Waals surface area contributed by atoms with Gasteiger partial charge in [0.1, 0.15) is 0 Å². The highest BCUT2D eigenvalue weighted by atomic mass is 79.9. The Bertz CT molecular complexity index is 359. The summed E-state index contributed by atoms with van der Waals surface area (Å²) in [5.74, 6) is 0.207. The number of nitrogens with zero attached hydrogens (tertiary/aromatic N) is 1.